The predicted molar refractivity (Wildman–Crippen MR) is 107 cm³/mol. The molecule has 1 saturated carbocycles. The number of aromatic amines is 1. The number of H-pyrrole nitrogens is 1. The molecule has 1 aliphatic heterocycles. The SMILES string of the molecule is Fc1cc(C2CCCCN2CC2CC2)ccc1-c1nc2ccc(Cl)cc2[nH]1. The van der Waals surface area contributed by atoms with Crippen LogP contribution in [0.25, 0.3) is 22.4 Å². The maximum absolute atomic E-state index is 15.0. The molecule has 2 aromatic carbocycles. The maximum Gasteiger partial charge on any atom is 0.141 e. The Morgan fingerprint density at radius 2 is 2.00 bits per heavy atom. The van der Waals surface area contributed by atoms with Gasteiger partial charge in [-0.2, -0.15) is 0 Å². The number of nitrogens with zero attached hydrogens (tertiary/aromatic N) is 2. The Hall–Kier alpha value is -1.91. The first-order valence-corrected chi connectivity index (χ1v) is 10.2. The van der Waals surface area contributed by atoms with Crippen molar-refractivity contribution in [1.29, 1.82) is 0 Å². The van der Waals surface area contributed by atoms with E-state index in [-0.39, 0.29) is 5.82 Å². The van der Waals surface area contributed by atoms with E-state index in [1.54, 1.807) is 12.1 Å². The second-order valence-corrected chi connectivity index (χ2v) is 8.37. The molecule has 2 fully saturated rings. The lowest BCUT2D eigenvalue weighted by Gasteiger charge is -2.36. The molecule has 1 aliphatic carbocycles. The average Bonchev–Trinajstić information content (AvgIpc) is 3.38. The number of hydrogen-bond donors (Lipinski definition) is 1. The van der Waals surface area contributed by atoms with Crippen molar-refractivity contribution in [1.82, 2.24) is 14.9 Å². The van der Waals surface area contributed by atoms with Gasteiger partial charge in [-0.05, 0) is 74.0 Å². The Morgan fingerprint density at radius 3 is 2.81 bits per heavy atom. The van der Waals surface area contributed by atoms with Gasteiger partial charge in [-0.1, -0.05) is 24.1 Å². The largest absolute Gasteiger partial charge is 0.338 e. The summed E-state index contributed by atoms with van der Waals surface area (Å²) in [7, 11) is 0. The predicted octanol–water partition coefficient (Wildman–Crippen LogP) is 5.96. The normalized spacial score (nSPS) is 21.0. The van der Waals surface area contributed by atoms with Crippen LogP contribution in [-0.4, -0.2) is 28.0 Å². The zero-order valence-corrected chi connectivity index (χ0v) is 16.0. The Labute approximate surface area is 163 Å². The van der Waals surface area contributed by atoms with Crippen molar-refractivity contribution >= 4 is 22.6 Å². The second-order valence-electron chi connectivity index (χ2n) is 7.94. The summed E-state index contributed by atoms with van der Waals surface area (Å²) in [5, 5.41) is 0.640. The molecule has 2 heterocycles. The molecule has 1 saturated heterocycles. The van der Waals surface area contributed by atoms with Gasteiger partial charge in [0.25, 0.3) is 0 Å². The molecule has 5 rings (SSSR count). The number of aromatic nitrogens is 2. The fraction of sp³-hybridized carbons (Fsp3) is 0.409. The van der Waals surface area contributed by atoms with Crippen LogP contribution in [0.15, 0.2) is 36.4 Å². The van der Waals surface area contributed by atoms with Gasteiger partial charge in [-0.15, -0.1) is 0 Å². The molecule has 1 unspecified atom stereocenters. The molecule has 1 N–H and O–H groups in total. The van der Waals surface area contributed by atoms with Gasteiger partial charge >= 0.3 is 0 Å². The molecule has 0 radical (unpaired) electrons. The van der Waals surface area contributed by atoms with E-state index in [9.17, 15) is 4.39 Å². The Morgan fingerprint density at radius 1 is 1.11 bits per heavy atom. The zero-order valence-electron chi connectivity index (χ0n) is 15.2. The molecule has 2 aliphatic rings. The lowest BCUT2D eigenvalue weighted by molar-refractivity contribution is 0.142. The second kappa shape index (κ2) is 6.92. The molecule has 5 heteroatoms. The minimum atomic E-state index is -0.213. The third-order valence-electron chi connectivity index (χ3n) is 5.88. The van der Waals surface area contributed by atoms with E-state index >= 15 is 0 Å². The molecule has 1 aromatic heterocycles. The van der Waals surface area contributed by atoms with Crippen molar-refractivity contribution < 1.29 is 4.39 Å². The van der Waals surface area contributed by atoms with Gasteiger partial charge in [-0.25, -0.2) is 9.37 Å². The van der Waals surface area contributed by atoms with E-state index in [0.717, 1.165) is 35.5 Å². The molecule has 0 bridgehead atoms. The van der Waals surface area contributed by atoms with Crippen LogP contribution in [0.1, 0.15) is 43.7 Å². The summed E-state index contributed by atoms with van der Waals surface area (Å²) in [6.45, 7) is 2.30. The van der Waals surface area contributed by atoms with Crippen LogP contribution >= 0.6 is 11.6 Å². The molecule has 1 atom stereocenters. The van der Waals surface area contributed by atoms with Crippen molar-refractivity contribution in [3.63, 3.8) is 0 Å². The first kappa shape index (κ1) is 17.2. The van der Waals surface area contributed by atoms with Gasteiger partial charge in [0.1, 0.15) is 11.6 Å². The van der Waals surface area contributed by atoms with E-state index in [1.807, 2.05) is 18.2 Å². The van der Waals surface area contributed by atoms with Crippen LogP contribution in [0.3, 0.4) is 0 Å². The molecule has 3 nitrogen and oxygen atoms in total. The van der Waals surface area contributed by atoms with Crippen LogP contribution in [0.5, 0.6) is 0 Å². The molecular formula is C22H23ClFN3. The van der Waals surface area contributed by atoms with E-state index < -0.39 is 0 Å². The van der Waals surface area contributed by atoms with Gasteiger partial charge < -0.3 is 4.98 Å². The molecule has 140 valence electrons. The summed E-state index contributed by atoms with van der Waals surface area (Å²) >= 11 is 6.04. The number of nitrogens with one attached hydrogen (secondary N) is 1. The summed E-state index contributed by atoms with van der Waals surface area (Å²) in [6.07, 6.45) is 6.30. The van der Waals surface area contributed by atoms with Gasteiger partial charge in [0.2, 0.25) is 0 Å². The minimum Gasteiger partial charge on any atom is -0.338 e. The quantitative estimate of drug-likeness (QED) is 0.602. The Balaban J connectivity index is 1.45. The number of halogens is 2. The minimum absolute atomic E-state index is 0.213. The third-order valence-corrected chi connectivity index (χ3v) is 6.12. The monoisotopic (exact) mass is 383 g/mol. The number of fused-ring (bicyclic) bond motifs is 1. The number of hydrogen-bond acceptors (Lipinski definition) is 2. The number of benzene rings is 2. The standard InChI is InChI=1S/C22H23ClFN3/c23-16-7-9-19-20(12-16)26-22(25-19)17-8-6-15(11-18(17)24)21-3-1-2-10-27(21)13-14-4-5-14/h6-9,11-12,14,21H,1-5,10,13H2,(H,25,26). The molecule has 0 amide bonds. The van der Waals surface area contributed by atoms with Crippen molar-refractivity contribution in [2.24, 2.45) is 5.92 Å². The van der Waals surface area contributed by atoms with Crippen LogP contribution < -0.4 is 0 Å². The maximum atomic E-state index is 15.0. The van der Waals surface area contributed by atoms with Gasteiger partial charge in [0, 0.05) is 17.6 Å². The molecular weight excluding hydrogens is 361 g/mol. The van der Waals surface area contributed by atoms with Crippen LogP contribution in [0.4, 0.5) is 4.39 Å². The summed E-state index contributed by atoms with van der Waals surface area (Å²) in [5.74, 6) is 1.20. The number of piperidine rings is 1. The smallest absolute Gasteiger partial charge is 0.141 e. The van der Waals surface area contributed by atoms with Crippen molar-refractivity contribution in [3.8, 4) is 11.4 Å². The first-order chi connectivity index (χ1) is 13.2. The molecule has 27 heavy (non-hydrogen) atoms. The van der Waals surface area contributed by atoms with Gasteiger partial charge in [-0.3, -0.25) is 4.90 Å². The fourth-order valence-corrected chi connectivity index (χ4v) is 4.43. The highest BCUT2D eigenvalue weighted by Crippen LogP contribution is 2.37. The highest BCUT2D eigenvalue weighted by molar-refractivity contribution is 6.31. The van der Waals surface area contributed by atoms with Crippen molar-refractivity contribution in [3.05, 3.63) is 52.8 Å². The van der Waals surface area contributed by atoms with E-state index in [2.05, 4.69) is 20.9 Å². The topological polar surface area (TPSA) is 31.9 Å². The average molecular weight is 384 g/mol. The lowest BCUT2D eigenvalue weighted by Crippen LogP contribution is -2.35. The highest BCUT2D eigenvalue weighted by Gasteiger charge is 2.30. The van der Waals surface area contributed by atoms with Gasteiger partial charge in [0.05, 0.1) is 16.6 Å². The highest BCUT2D eigenvalue weighted by atomic mass is 35.5. The number of rotatable bonds is 4. The van der Waals surface area contributed by atoms with E-state index in [0.29, 0.717) is 22.5 Å². The summed E-state index contributed by atoms with van der Waals surface area (Å²) < 4.78 is 15.0. The van der Waals surface area contributed by atoms with Crippen molar-refractivity contribution in [2.75, 3.05) is 13.1 Å². The lowest BCUT2D eigenvalue weighted by atomic mass is 9.94. The van der Waals surface area contributed by atoms with Crippen molar-refractivity contribution in [2.45, 2.75) is 38.1 Å². The summed E-state index contributed by atoms with van der Waals surface area (Å²) in [5.41, 5.74) is 3.22. The number of imidazole rings is 1. The Kier molecular flexibility index (Phi) is 4.41. The summed E-state index contributed by atoms with van der Waals surface area (Å²) in [6, 6.07) is 11.5. The Bertz CT molecular complexity index is 979. The van der Waals surface area contributed by atoms with Gasteiger partial charge in [0.15, 0.2) is 0 Å². The molecule has 0 spiro atoms. The summed E-state index contributed by atoms with van der Waals surface area (Å²) in [4.78, 5) is 10.3. The zero-order chi connectivity index (χ0) is 18.4. The first-order valence-electron chi connectivity index (χ1n) is 9.86. The van der Waals surface area contributed by atoms with Crippen LogP contribution in [0.2, 0.25) is 5.02 Å². The van der Waals surface area contributed by atoms with E-state index in [1.165, 1.54) is 32.2 Å². The fourth-order valence-electron chi connectivity index (χ4n) is 4.26. The third kappa shape index (κ3) is 3.48. The molecule has 3 aromatic rings. The van der Waals surface area contributed by atoms with Crippen LogP contribution in [-0.2, 0) is 0 Å². The van der Waals surface area contributed by atoms with Crippen LogP contribution in [0, 0.1) is 11.7 Å². The number of likely N-dealkylation sites (tertiary alicyclic amines) is 1. The van der Waals surface area contributed by atoms with E-state index in [4.69, 9.17) is 11.6 Å².